The summed E-state index contributed by atoms with van der Waals surface area (Å²) in [5.41, 5.74) is -0.133. The Morgan fingerprint density at radius 3 is 2.12 bits per heavy atom. The molecule has 0 bridgehead atoms. The third-order valence-electron chi connectivity index (χ3n) is 3.25. The standard InChI is InChI=1S/C19H18Cl3NO3/c1-19(2,3)26-16(24)11-23(13-7-4-6-12(20)10-13)18(25)17-14(21)8-5-9-15(17)22/h4-10H,11H2,1-3H3. The number of ether oxygens (including phenoxy) is 1. The van der Waals surface area contributed by atoms with E-state index in [4.69, 9.17) is 39.5 Å². The molecule has 0 aliphatic heterocycles. The monoisotopic (exact) mass is 413 g/mol. The van der Waals surface area contributed by atoms with Crippen LogP contribution in [0.1, 0.15) is 31.1 Å². The number of benzene rings is 2. The Bertz CT molecular complexity index is 811. The van der Waals surface area contributed by atoms with Crippen LogP contribution in [-0.2, 0) is 9.53 Å². The van der Waals surface area contributed by atoms with Crippen LogP contribution in [0.15, 0.2) is 42.5 Å². The molecule has 0 unspecified atom stereocenters. The zero-order valence-electron chi connectivity index (χ0n) is 14.6. The molecule has 0 radical (unpaired) electrons. The highest BCUT2D eigenvalue weighted by atomic mass is 35.5. The van der Waals surface area contributed by atoms with Gasteiger partial charge < -0.3 is 4.74 Å². The molecule has 7 heteroatoms. The van der Waals surface area contributed by atoms with Gasteiger partial charge in [0.25, 0.3) is 5.91 Å². The molecule has 0 N–H and O–H groups in total. The smallest absolute Gasteiger partial charge is 0.326 e. The molecule has 0 aliphatic carbocycles. The van der Waals surface area contributed by atoms with Gasteiger partial charge in [-0.1, -0.05) is 46.9 Å². The molecule has 0 saturated carbocycles. The van der Waals surface area contributed by atoms with E-state index in [0.717, 1.165) is 0 Å². The van der Waals surface area contributed by atoms with Crippen molar-refractivity contribution in [1.82, 2.24) is 0 Å². The van der Waals surface area contributed by atoms with Gasteiger partial charge in [-0.3, -0.25) is 14.5 Å². The van der Waals surface area contributed by atoms with Gasteiger partial charge in [0, 0.05) is 10.7 Å². The maximum Gasteiger partial charge on any atom is 0.326 e. The predicted octanol–water partition coefficient (Wildman–Crippen LogP) is 5.64. The Balaban J connectivity index is 2.43. The molecule has 0 saturated heterocycles. The van der Waals surface area contributed by atoms with Crippen molar-refractivity contribution in [3.63, 3.8) is 0 Å². The third kappa shape index (κ3) is 5.37. The molecule has 2 aromatic rings. The first-order valence-electron chi connectivity index (χ1n) is 7.82. The Hall–Kier alpha value is -1.75. The number of anilines is 1. The number of carbonyl (C=O) groups is 2. The molecule has 138 valence electrons. The Morgan fingerprint density at radius 2 is 1.58 bits per heavy atom. The van der Waals surface area contributed by atoms with Gasteiger partial charge in [-0.2, -0.15) is 0 Å². The Kier molecular flexibility index (Phi) is 6.56. The molecule has 2 rings (SSSR count). The third-order valence-corrected chi connectivity index (χ3v) is 4.11. The number of carbonyl (C=O) groups excluding carboxylic acids is 2. The van der Waals surface area contributed by atoms with E-state index in [1.807, 2.05) is 0 Å². The van der Waals surface area contributed by atoms with Crippen LogP contribution in [0.25, 0.3) is 0 Å². The van der Waals surface area contributed by atoms with Crippen LogP contribution in [0.3, 0.4) is 0 Å². The van der Waals surface area contributed by atoms with Crippen LogP contribution in [0.5, 0.6) is 0 Å². The summed E-state index contributed by atoms with van der Waals surface area (Å²) in [7, 11) is 0. The van der Waals surface area contributed by atoms with Crippen LogP contribution >= 0.6 is 34.8 Å². The molecule has 0 heterocycles. The van der Waals surface area contributed by atoms with Crippen molar-refractivity contribution in [2.75, 3.05) is 11.4 Å². The number of hydrogen-bond acceptors (Lipinski definition) is 3. The molecular weight excluding hydrogens is 397 g/mol. The minimum Gasteiger partial charge on any atom is -0.459 e. The maximum atomic E-state index is 13.1. The fourth-order valence-corrected chi connectivity index (χ4v) is 3.01. The highest BCUT2D eigenvalue weighted by Crippen LogP contribution is 2.29. The molecule has 0 aliphatic rings. The molecule has 0 spiro atoms. The van der Waals surface area contributed by atoms with Gasteiger partial charge in [0.05, 0.1) is 15.6 Å². The first kappa shape index (κ1) is 20.6. The summed E-state index contributed by atoms with van der Waals surface area (Å²) in [6, 6.07) is 11.4. The average molecular weight is 415 g/mol. The van der Waals surface area contributed by atoms with Crippen LogP contribution in [0, 0.1) is 0 Å². The lowest BCUT2D eigenvalue weighted by Gasteiger charge is -2.26. The minimum atomic E-state index is -0.678. The molecule has 0 fully saturated rings. The van der Waals surface area contributed by atoms with Crippen molar-refractivity contribution in [3.05, 3.63) is 63.1 Å². The largest absolute Gasteiger partial charge is 0.459 e. The molecule has 0 atom stereocenters. The second-order valence-corrected chi connectivity index (χ2v) is 7.81. The lowest BCUT2D eigenvalue weighted by Crippen LogP contribution is -2.39. The van der Waals surface area contributed by atoms with E-state index in [1.54, 1.807) is 63.2 Å². The number of amides is 1. The summed E-state index contributed by atoms with van der Waals surface area (Å²) in [5, 5.41) is 0.812. The fourth-order valence-electron chi connectivity index (χ4n) is 2.26. The molecule has 2 aromatic carbocycles. The molecule has 4 nitrogen and oxygen atoms in total. The van der Waals surface area contributed by atoms with Gasteiger partial charge >= 0.3 is 5.97 Å². The van der Waals surface area contributed by atoms with Gasteiger partial charge in [-0.05, 0) is 51.1 Å². The molecule has 26 heavy (non-hydrogen) atoms. The van der Waals surface area contributed by atoms with Crippen LogP contribution in [-0.4, -0.2) is 24.0 Å². The van der Waals surface area contributed by atoms with Crippen molar-refractivity contribution in [2.24, 2.45) is 0 Å². The highest BCUT2D eigenvalue weighted by Gasteiger charge is 2.27. The Labute approximate surface area is 167 Å². The van der Waals surface area contributed by atoms with Crippen molar-refractivity contribution >= 4 is 52.4 Å². The van der Waals surface area contributed by atoms with E-state index < -0.39 is 17.5 Å². The number of halogens is 3. The van der Waals surface area contributed by atoms with Gasteiger partial charge in [-0.15, -0.1) is 0 Å². The lowest BCUT2D eigenvalue weighted by molar-refractivity contribution is -0.152. The van der Waals surface area contributed by atoms with Crippen molar-refractivity contribution in [2.45, 2.75) is 26.4 Å². The average Bonchev–Trinajstić information content (AvgIpc) is 2.50. The summed E-state index contributed by atoms with van der Waals surface area (Å²) in [4.78, 5) is 26.7. The van der Waals surface area contributed by atoms with Crippen LogP contribution < -0.4 is 4.90 Å². The summed E-state index contributed by atoms with van der Waals surface area (Å²) in [6.07, 6.45) is 0. The van der Waals surface area contributed by atoms with E-state index in [1.165, 1.54) is 4.90 Å². The number of rotatable bonds is 4. The summed E-state index contributed by atoms with van der Waals surface area (Å²) < 4.78 is 5.33. The van der Waals surface area contributed by atoms with E-state index in [-0.39, 0.29) is 22.2 Å². The highest BCUT2D eigenvalue weighted by molar-refractivity contribution is 6.40. The fraction of sp³-hybridized carbons (Fsp3) is 0.263. The first-order chi connectivity index (χ1) is 12.1. The van der Waals surface area contributed by atoms with Crippen molar-refractivity contribution < 1.29 is 14.3 Å². The molecular formula is C19H18Cl3NO3. The number of nitrogens with zero attached hydrogens (tertiary/aromatic N) is 1. The maximum absolute atomic E-state index is 13.1. The Morgan fingerprint density at radius 1 is 1.00 bits per heavy atom. The van der Waals surface area contributed by atoms with E-state index in [2.05, 4.69) is 0 Å². The van der Waals surface area contributed by atoms with Gasteiger partial charge in [-0.25, -0.2) is 0 Å². The normalized spacial score (nSPS) is 11.2. The first-order valence-corrected chi connectivity index (χ1v) is 8.95. The van der Waals surface area contributed by atoms with Gasteiger partial charge in [0.1, 0.15) is 12.1 Å². The quantitative estimate of drug-likeness (QED) is 0.609. The predicted molar refractivity (Wildman–Crippen MR) is 105 cm³/mol. The van der Waals surface area contributed by atoms with E-state index in [9.17, 15) is 9.59 Å². The molecule has 1 amide bonds. The lowest BCUT2D eigenvalue weighted by atomic mass is 10.1. The minimum absolute atomic E-state index is 0.111. The zero-order valence-corrected chi connectivity index (χ0v) is 16.8. The number of esters is 1. The second-order valence-electron chi connectivity index (χ2n) is 6.55. The van der Waals surface area contributed by atoms with E-state index >= 15 is 0 Å². The van der Waals surface area contributed by atoms with E-state index in [0.29, 0.717) is 10.7 Å². The topological polar surface area (TPSA) is 46.6 Å². The second kappa shape index (κ2) is 8.30. The van der Waals surface area contributed by atoms with Gasteiger partial charge in [0.15, 0.2) is 0 Å². The van der Waals surface area contributed by atoms with Gasteiger partial charge in [0.2, 0.25) is 0 Å². The van der Waals surface area contributed by atoms with Crippen molar-refractivity contribution in [3.8, 4) is 0 Å². The number of hydrogen-bond donors (Lipinski definition) is 0. The van der Waals surface area contributed by atoms with Crippen molar-refractivity contribution in [1.29, 1.82) is 0 Å². The zero-order chi connectivity index (χ0) is 19.5. The summed E-state index contributed by atoms with van der Waals surface area (Å²) in [5.74, 6) is -1.08. The molecule has 0 aromatic heterocycles. The summed E-state index contributed by atoms with van der Waals surface area (Å²) >= 11 is 18.4. The summed E-state index contributed by atoms with van der Waals surface area (Å²) in [6.45, 7) is 4.95. The SMILES string of the molecule is CC(C)(C)OC(=O)CN(C(=O)c1c(Cl)cccc1Cl)c1cccc(Cl)c1. The van der Waals surface area contributed by atoms with Crippen LogP contribution in [0.2, 0.25) is 15.1 Å². The van der Waals surface area contributed by atoms with Crippen LogP contribution in [0.4, 0.5) is 5.69 Å².